The lowest BCUT2D eigenvalue weighted by atomic mass is 10.0. The van der Waals surface area contributed by atoms with Crippen molar-refractivity contribution in [2.75, 3.05) is 0 Å². The van der Waals surface area contributed by atoms with Gasteiger partial charge in [-0.3, -0.25) is 9.78 Å². The summed E-state index contributed by atoms with van der Waals surface area (Å²) in [6, 6.07) is 20.3. The Hall–Kier alpha value is -2.94. The third kappa shape index (κ3) is 3.04. The number of carbonyl (C=O) groups excluding carboxylic acids is 1. The predicted molar refractivity (Wildman–Crippen MR) is 85.4 cm³/mol. The molecule has 2 aromatic carbocycles. The molecule has 0 radical (unpaired) electrons. The van der Waals surface area contributed by atoms with Crippen molar-refractivity contribution in [2.45, 2.75) is 6.92 Å². The van der Waals surface area contributed by atoms with Gasteiger partial charge in [0.2, 0.25) is 5.78 Å². The highest BCUT2D eigenvalue weighted by atomic mass is 16.5. The molecule has 0 saturated heterocycles. The fourth-order valence-corrected chi connectivity index (χ4v) is 2.19. The maximum absolute atomic E-state index is 12.6. The van der Waals surface area contributed by atoms with Crippen molar-refractivity contribution >= 4 is 5.78 Å². The maximum Gasteiger partial charge on any atom is 0.211 e. The van der Waals surface area contributed by atoms with Gasteiger partial charge in [0, 0.05) is 11.8 Å². The van der Waals surface area contributed by atoms with Crippen LogP contribution in [0.25, 0.3) is 0 Å². The highest BCUT2D eigenvalue weighted by Crippen LogP contribution is 2.23. The highest BCUT2D eigenvalue weighted by Gasteiger charge is 2.13. The number of aryl methyl sites for hydroxylation is 1. The largest absolute Gasteiger partial charge is 0.457 e. The molecule has 0 N–H and O–H groups in total. The van der Waals surface area contributed by atoms with Crippen molar-refractivity contribution in [2.24, 2.45) is 0 Å². The van der Waals surface area contributed by atoms with Crippen LogP contribution in [0.5, 0.6) is 11.5 Å². The molecule has 3 nitrogen and oxygen atoms in total. The summed E-state index contributed by atoms with van der Waals surface area (Å²) in [4.78, 5) is 16.7. The van der Waals surface area contributed by atoms with Crippen LogP contribution >= 0.6 is 0 Å². The second kappa shape index (κ2) is 6.22. The molecule has 0 spiro atoms. The Balaban J connectivity index is 1.88. The minimum atomic E-state index is -0.100. The molecular weight excluding hydrogens is 274 g/mol. The predicted octanol–water partition coefficient (Wildman–Crippen LogP) is 4.41. The molecule has 0 saturated carbocycles. The lowest BCUT2D eigenvalue weighted by molar-refractivity contribution is 0.103. The van der Waals surface area contributed by atoms with Gasteiger partial charge in [-0.2, -0.15) is 0 Å². The molecule has 0 fully saturated rings. The van der Waals surface area contributed by atoms with Gasteiger partial charge >= 0.3 is 0 Å². The number of pyridine rings is 1. The summed E-state index contributed by atoms with van der Waals surface area (Å²) in [5.41, 5.74) is 1.90. The van der Waals surface area contributed by atoms with Crippen LogP contribution in [0.4, 0.5) is 0 Å². The van der Waals surface area contributed by atoms with Gasteiger partial charge in [0.25, 0.3) is 0 Å². The Kier molecular flexibility index (Phi) is 3.97. The van der Waals surface area contributed by atoms with E-state index in [4.69, 9.17) is 4.74 Å². The molecule has 108 valence electrons. The van der Waals surface area contributed by atoms with Crippen molar-refractivity contribution in [3.63, 3.8) is 0 Å². The standard InChI is InChI=1S/C19H15NO2/c1-14-7-6-12-20-18(14)19(21)15-8-5-11-17(13-15)22-16-9-3-2-4-10-16/h2-13H,1H3. The number of benzene rings is 2. The first-order valence-corrected chi connectivity index (χ1v) is 7.03. The summed E-state index contributed by atoms with van der Waals surface area (Å²) in [5.74, 6) is 1.27. The van der Waals surface area contributed by atoms with E-state index in [0.29, 0.717) is 17.0 Å². The van der Waals surface area contributed by atoms with E-state index >= 15 is 0 Å². The second-order valence-electron chi connectivity index (χ2n) is 4.94. The molecule has 1 aromatic heterocycles. The number of para-hydroxylation sites is 1. The molecule has 0 amide bonds. The van der Waals surface area contributed by atoms with E-state index in [0.717, 1.165) is 11.3 Å². The number of nitrogens with zero attached hydrogens (tertiary/aromatic N) is 1. The molecule has 3 heteroatoms. The van der Waals surface area contributed by atoms with Gasteiger partial charge in [0.05, 0.1) is 0 Å². The summed E-state index contributed by atoms with van der Waals surface area (Å²) in [7, 11) is 0. The molecule has 0 aliphatic heterocycles. The minimum Gasteiger partial charge on any atom is -0.457 e. The van der Waals surface area contributed by atoms with Gasteiger partial charge in [-0.25, -0.2) is 0 Å². The number of hydrogen-bond acceptors (Lipinski definition) is 3. The normalized spacial score (nSPS) is 10.2. The molecule has 0 unspecified atom stereocenters. The van der Waals surface area contributed by atoms with E-state index in [1.165, 1.54) is 0 Å². The fourth-order valence-electron chi connectivity index (χ4n) is 2.19. The van der Waals surface area contributed by atoms with Crippen molar-refractivity contribution in [3.05, 3.63) is 89.7 Å². The Morgan fingerprint density at radius 1 is 0.909 bits per heavy atom. The Bertz CT molecular complexity index is 797. The second-order valence-corrected chi connectivity index (χ2v) is 4.94. The van der Waals surface area contributed by atoms with Gasteiger partial charge < -0.3 is 4.74 Å². The highest BCUT2D eigenvalue weighted by molar-refractivity contribution is 6.08. The maximum atomic E-state index is 12.6. The molecule has 0 atom stereocenters. The Labute approximate surface area is 129 Å². The molecule has 0 aliphatic carbocycles. The first-order chi connectivity index (χ1) is 10.7. The summed E-state index contributed by atoms with van der Waals surface area (Å²) in [6.45, 7) is 1.88. The smallest absolute Gasteiger partial charge is 0.211 e. The molecule has 0 aliphatic rings. The topological polar surface area (TPSA) is 39.2 Å². The molecule has 3 rings (SSSR count). The average molecular weight is 289 g/mol. The Morgan fingerprint density at radius 2 is 1.68 bits per heavy atom. The quantitative estimate of drug-likeness (QED) is 0.668. The fraction of sp³-hybridized carbons (Fsp3) is 0.0526. The monoisotopic (exact) mass is 289 g/mol. The van der Waals surface area contributed by atoms with Crippen LogP contribution in [-0.2, 0) is 0 Å². The number of ether oxygens (including phenoxy) is 1. The van der Waals surface area contributed by atoms with E-state index in [-0.39, 0.29) is 5.78 Å². The first-order valence-electron chi connectivity index (χ1n) is 7.03. The van der Waals surface area contributed by atoms with Crippen LogP contribution in [0, 0.1) is 6.92 Å². The van der Waals surface area contributed by atoms with E-state index in [9.17, 15) is 4.79 Å². The van der Waals surface area contributed by atoms with Gasteiger partial charge in [-0.15, -0.1) is 0 Å². The lowest BCUT2D eigenvalue weighted by Gasteiger charge is -2.08. The molecule has 1 heterocycles. The SMILES string of the molecule is Cc1cccnc1C(=O)c1cccc(Oc2ccccc2)c1. The van der Waals surface area contributed by atoms with Crippen molar-refractivity contribution in [1.82, 2.24) is 4.98 Å². The van der Waals surface area contributed by atoms with Crippen molar-refractivity contribution in [1.29, 1.82) is 0 Å². The molecule has 22 heavy (non-hydrogen) atoms. The zero-order chi connectivity index (χ0) is 15.4. The van der Waals surface area contributed by atoms with E-state index in [1.807, 2.05) is 61.5 Å². The zero-order valence-electron chi connectivity index (χ0n) is 12.2. The summed E-state index contributed by atoms with van der Waals surface area (Å²) in [5, 5.41) is 0. The number of rotatable bonds is 4. The zero-order valence-corrected chi connectivity index (χ0v) is 12.2. The van der Waals surface area contributed by atoms with Crippen LogP contribution in [0.2, 0.25) is 0 Å². The number of ketones is 1. The van der Waals surface area contributed by atoms with Gasteiger partial charge in [-0.05, 0) is 42.8 Å². The lowest BCUT2D eigenvalue weighted by Crippen LogP contribution is -2.06. The van der Waals surface area contributed by atoms with E-state index < -0.39 is 0 Å². The average Bonchev–Trinajstić information content (AvgIpc) is 2.56. The van der Waals surface area contributed by atoms with Crippen LogP contribution in [0.15, 0.2) is 72.9 Å². The van der Waals surface area contributed by atoms with E-state index in [2.05, 4.69) is 4.98 Å². The van der Waals surface area contributed by atoms with Crippen LogP contribution < -0.4 is 4.74 Å². The van der Waals surface area contributed by atoms with Gasteiger partial charge in [0.15, 0.2) is 0 Å². The van der Waals surface area contributed by atoms with Crippen molar-refractivity contribution < 1.29 is 9.53 Å². The molecular formula is C19H15NO2. The van der Waals surface area contributed by atoms with Crippen LogP contribution in [0.3, 0.4) is 0 Å². The molecule has 0 bridgehead atoms. The van der Waals surface area contributed by atoms with Gasteiger partial charge in [-0.1, -0.05) is 36.4 Å². The summed E-state index contributed by atoms with van der Waals surface area (Å²) in [6.07, 6.45) is 1.63. The number of hydrogen-bond donors (Lipinski definition) is 0. The summed E-state index contributed by atoms with van der Waals surface area (Å²) < 4.78 is 5.76. The minimum absolute atomic E-state index is 0.100. The number of aromatic nitrogens is 1. The molecule has 3 aromatic rings. The van der Waals surface area contributed by atoms with Gasteiger partial charge in [0.1, 0.15) is 17.2 Å². The Morgan fingerprint density at radius 3 is 2.45 bits per heavy atom. The third-order valence-electron chi connectivity index (χ3n) is 3.30. The van der Waals surface area contributed by atoms with Crippen LogP contribution in [0.1, 0.15) is 21.6 Å². The van der Waals surface area contributed by atoms with Crippen LogP contribution in [-0.4, -0.2) is 10.8 Å². The third-order valence-corrected chi connectivity index (χ3v) is 3.30. The van der Waals surface area contributed by atoms with Crippen molar-refractivity contribution in [3.8, 4) is 11.5 Å². The van der Waals surface area contributed by atoms with E-state index in [1.54, 1.807) is 18.3 Å². The number of carbonyl (C=O) groups is 1. The first kappa shape index (κ1) is 14.0. The summed E-state index contributed by atoms with van der Waals surface area (Å²) >= 11 is 0.